The highest BCUT2D eigenvalue weighted by Crippen LogP contribution is 2.31. The number of halogens is 1. The van der Waals surface area contributed by atoms with Crippen molar-refractivity contribution >= 4 is 0 Å². The second kappa shape index (κ2) is 4.45. The fourth-order valence-corrected chi connectivity index (χ4v) is 1.89. The van der Waals surface area contributed by atoms with Crippen molar-refractivity contribution in [1.29, 1.82) is 0 Å². The summed E-state index contributed by atoms with van der Waals surface area (Å²) in [5.41, 5.74) is 2.64. The smallest absolute Gasteiger partial charge is 0.124 e. The highest BCUT2D eigenvalue weighted by atomic mass is 19.1. The fourth-order valence-electron chi connectivity index (χ4n) is 1.89. The van der Waals surface area contributed by atoms with Crippen molar-refractivity contribution in [2.45, 2.75) is 26.2 Å². The van der Waals surface area contributed by atoms with E-state index in [1.54, 1.807) is 0 Å². The van der Waals surface area contributed by atoms with Crippen molar-refractivity contribution < 1.29 is 9.50 Å². The second-order valence-electron chi connectivity index (χ2n) is 5.49. The summed E-state index contributed by atoms with van der Waals surface area (Å²) in [4.78, 5) is 0. The van der Waals surface area contributed by atoms with E-state index in [2.05, 4.69) is 20.8 Å². The molecule has 0 saturated heterocycles. The Bertz CT molecular complexity index is 550. The van der Waals surface area contributed by atoms with E-state index in [9.17, 15) is 9.50 Å². The lowest BCUT2D eigenvalue weighted by Gasteiger charge is -2.19. The summed E-state index contributed by atoms with van der Waals surface area (Å²) in [6.07, 6.45) is 0. The summed E-state index contributed by atoms with van der Waals surface area (Å²) in [6, 6.07) is 11.8. The predicted molar refractivity (Wildman–Crippen MR) is 72.2 cm³/mol. The SMILES string of the molecule is CC(C)(C)c1ccc(-c2cc(F)ccc2O)cc1. The topological polar surface area (TPSA) is 20.2 Å². The zero-order valence-electron chi connectivity index (χ0n) is 10.9. The normalized spacial score (nSPS) is 11.6. The first kappa shape index (κ1) is 12.6. The van der Waals surface area contributed by atoms with Gasteiger partial charge < -0.3 is 5.11 Å². The lowest BCUT2D eigenvalue weighted by molar-refractivity contribution is 0.475. The van der Waals surface area contributed by atoms with E-state index in [0.29, 0.717) is 5.56 Å². The van der Waals surface area contributed by atoms with E-state index in [-0.39, 0.29) is 17.0 Å². The summed E-state index contributed by atoms with van der Waals surface area (Å²) in [7, 11) is 0. The van der Waals surface area contributed by atoms with Crippen molar-refractivity contribution in [1.82, 2.24) is 0 Å². The van der Waals surface area contributed by atoms with Crippen LogP contribution in [0.3, 0.4) is 0 Å². The van der Waals surface area contributed by atoms with Gasteiger partial charge >= 0.3 is 0 Å². The van der Waals surface area contributed by atoms with Crippen LogP contribution >= 0.6 is 0 Å². The Kier molecular flexibility index (Phi) is 3.12. The molecule has 0 atom stereocenters. The molecule has 0 radical (unpaired) electrons. The summed E-state index contributed by atoms with van der Waals surface area (Å²) in [5, 5.41) is 9.75. The van der Waals surface area contributed by atoms with Crippen LogP contribution in [0.15, 0.2) is 42.5 Å². The van der Waals surface area contributed by atoms with E-state index < -0.39 is 0 Å². The molecule has 0 fully saturated rings. The Morgan fingerprint density at radius 1 is 0.944 bits per heavy atom. The van der Waals surface area contributed by atoms with Crippen LogP contribution in [-0.4, -0.2) is 5.11 Å². The van der Waals surface area contributed by atoms with Gasteiger partial charge in [-0.3, -0.25) is 0 Å². The molecular formula is C16H17FO. The molecule has 18 heavy (non-hydrogen) atoms. The summed E-state index contributed by atoms with van der Waals surface area (Å²) in [5.74, 6) is -0.248. The van der Waals surface area contributed by atoms with Crippen molar-refractivity contribution in [3.05, 3.63) is 53.8 Å². The standard InChI is InChI=1S/C16H17FO/c1-16(2,3)12-6-4-11(5-7-12)14-10-13(17)8-9-15(14)18/h4-10,18H,1-3H3. The van der Waals surface area contributed by atoms with Crippen LogP contribution in [0.1, 0.15) is 26.3 Å². The van der Waals surface area contributed by atoms with Crippen molar-refractivity contribution in [3.8, 4) is 16.9 Å². The molecule has 2 aromatic rings. The van der Waals surface area contributed by atoms with Gasteiger partial charge in [-0.2, -0.15) is 0 Å². The van der Waals surface area contributed by atoms with E-state index in [1.165, 1.54) is 23.8 Å². The van der Waals surface area contributed by atoms with Crippen molar-refractivity contribution in [2.24, 2.45) is 0 Å². The molecule has 2 rings (SSSR count). The molecule has 1 N–H and O–H groups in total. The molecule has 0 aromatic heterocycles. The third-order valence-corrected chi connectivity index (χ3v) is 3.02. The first-order valence-electron chi connectivity index (χ1n) is 5.97. The van der Waals surface area contributed by atoms with Crippen LogP contribution < -0.4 is 0 Å². The highest BCUT2D eigenvalue weighted by Gasteiger charge is 2.13. The van der Waals surface area contributed by atoms with Gasteiger partial charge in [0, 0.05) is 5.56 Å². The number of hydrogen-bond acceptors (Lipinski definition) is 1. The second-order valence-corrected chi connectivity index (χ2v) is 5.49. The van der Waals surface area contributed by atoms with Crippen LogP contribution in [0.5, 0.6) is 5.75 Å². The van der Waals surface area contributed by atoms with Gasteiger partial charge in [-0.15, -0.1) is 0 Å². The van der Waals surface area contributed by atoms with Gasteiger partial charge in [0.25, 0.3) is 0 Å². The Morgan fingerprint density at radius 2 is 1.56 bits per heavy atom. The molecule has 0 heterocycles. The molecule has 0 amide bonds. The zero-order valence-corrected chi connectivity index (χ0v) is 10.9. The average molecular weight is 244 g/mol. The molecule has 0 unspecified atom stereocenters. The predicted octanol–water partition coefficient (Wildman–Crippen LogP) is 4.50. The molecule has 0 saturated carbocycles. The Balaban J connectivity index is 2.43. The average Bonchev–Trinajstić information content (AvgIpc) is 2.31. The van der Waals surface area contributed by atoms with Gasteiger partial charge in [0.05, 0.1) is 0 Å². The van der Waals surface area contributed by atoms with Gasteiger partial charge in [0.15, 0.2) is 0 Å². The van der Waals surface area contributed by atoms with Crippen LogP contribution in [0.4, 0.5) is 4.39 Å². The quantitative estimate of drug-likeness (QED) is 0.783. The number of phenols is 1. The van der Waals surface area contributed by atoms with Gasteiger partial charge in [0.2, 0.25) is 0 Å². The maximum Gasteiger partial charge on any atom is 0.124 e. The first-order valence-corrected chi connectivity index (χ1v) is 5.97. The number of phenolic OH excluding ortho intramolecular Hbond substituents is 1. The number of hydrogen-bond donors (Lipinski definition) is 1. The third-order valence-electron chi connectivity index (χ3n) is 3.02. The van der Waals surface area contributed by atoms with Crippen molar-refractivity contribution in [3.63, 3.8) is 0 Å². The first-order chi connectivity index (χ1) is 8.38. The fraction of sp³-hybridized carbons (Fsp3) is 0.250. The molecule has 0 spiro atoms. The molecule has 0 aliphatic rings. The Morgan fingerprint density at radius 3 is 2.11 bits per heavy atom. The summed E-state index contributed by atoms with van der Waals surface area (Å²) < 4.78 is 13.2. The van der Waals surface area contributed by atoms with Crippen LogP contribution in [0.2, 0.25) is 0 Å². The van der Waals surface area contributed by atoms with Gasteiger partial charge in [0.1, 0.15) is 11.6 Å². The third kappa shape index (κ3) is 2.53. The number of rotatable bonds is 1. The lowest BCUT2D eigenvalue weighted by Crippen LogP contribution is -2.10. The maximum atomic E-state index is 13.2. The summed E-state index contributed by atoms with van der Waals surface area (Å²) in [6.45, 7) is 6.42. The molecule has 2 aromatic carbocycles. The van der Waals surface area contributed by atoms with Crippen LogP contribution in [0.25, 0.3) is 11.1 Å². The maximum absolute atomic E-state index is 13.2. The van der Waals surface area contributed by atoms with Gasteiger partial charge in [-0.25, -0.2) is 4.39 Å². The number of benzene rings is 2. The largest absolute Gasteiger partial charge is 0.507 e. The van der Waals surface area contributed by atoms with E-state index in [1.807, 2.05) is 24.3 Å². The summed E-state index contributed by atoms with van der Waals surface area (Å²) >= 11 is 0. The molecule has 0 aliphatic carbocycles. The van der Waals surface area contributed by atoms with E-state index >= 15 is 0 Å². The molecule has 0 bridgehead atoms. The molecule has 1 nitrogen and oxygen atoms in total. The molecule has 0 aliphatic heterocycles. The number of aromatic hydroxyl groups is 1. The van der Waals surface area contributed by atoms with Crippen molar-refractivity contribution in [2.75, 3.05) is 0 Å². The molecule has 94 valence electrons. The Hall–Kier alpha value is -1.83. The van der Waals surface area contributed by atoms with Gasteiger partial charge in [-0.05, 0) is 34.7 Å². The zero-order chi connectivity index (χ0) is 13.3. The van der Waals surface area contributed by atoms with E-state index in [4.69, 9.17) is 0 Å². The minimum atomic E-state index is -0.345. The van der Waals surface area contributed by atoms with Crippen LogP contribution in [0, 0.1) is 5.82 Å². The van der Waals surface area contributed by atoms with Crippen LogP contribution in [-0.2, 0) is 5.41 Å². The lowest BCUT2D eigenvalue weighted by atomic mass is 9.86. The molecule has 2 heteroatoms. The highest BCUT2D eigenvalue weighted by molar-refractivity contribution is 5.70. The molecular weight excluding hydrogens is 227 g/mol. The minimum Gasteiger partial charge on any atom is -0.507 e. The monoisotopic (exact) mass is 244 g/mol. The van der Waals surface area contributed by atoms with E-state index in [0.717, 1.165) is 5.56 Å². The minimum absolute atomic E-state index is 0.0858. The van der Waals surface area contributed by atoms with Gasteiger partial charge in [-0.1, -0.05) is 45.0 Å². The Labute approximate surface area is 107 Å².